The van der Waals surface area contributed by atoms with Crippen LogP contribution in [0.5, 0.6) is 0 Å². The molecule has 0 saturated carbocycles. The first-order valence-electron chi connectivity index (χ1n) is 4.60. The molecule has 0 fully saturated rings. The molecule has 4 heteroatoms. The van der Waals surface area contributed by atoms with Crippen LogP contribution in [0.2, 0.25) is 0 Å². The first-order chi connectivity index (χ1) is 6.15. The van der Waals surface area contributed by atoms with Gasteiger partial charge in [-0.05, 0) is 12.8 Å². The van der Waals surface area contributed by atoms with Crippen LogP contribution in [0.15, 0.2) is 0 Å². The van der Waals surface area contributed by atoms with Gasteiger partial charge in [0.05, 0.1) is 7.11 Å². The van der Waals surface area contributed by atoms with Gasteiger partial charge in [-0.3, -0.25) is 4.79 Å². The van der Waals surface area contributed by atoms with Crippen LogP contribution in [0.4, 0.5) is 0 Å². The number of esters is 1. The van der Waals surface area contributed by atoms with Crippen molar-refractivity contribution in [1.29, 1.82) is 0 Å². The second kappa shape index (κ2) is 7.21. The molecule has 0 aliphatic carbocycles. The van der Waals surface area contributed by atoms with Crippen molar-refractivity contribution in [2.24, 2.45) is 5.73 Å². The Labute approximate surface area is 84.4 Å². The first-order valence-corrected chi connectivity index (χ1v) is 5.65. The Morgan fingerprint density at radius 2 is 2.00 bits per heavy atom. The fourth-order valence-corrected chi connectivity index (χ4v) is 2.07. The van der Waals surface area contributed by atoms with Crippen LogP contribution in [-0.2, 0) is 9.53 Å². The monoisotopic (exact) mass is 205 g/mol. The third-order valence-corrected chi connectivity index (χ3v) is 3.62. The molecule has 1 atom stereocenters. The normalized spacial score (nSPS) is 13.0. The summed E-state index contributed by atoms with van der Waals surface area (Å²) in [4.78, 5) is 10.9. The minimum Gasteiger partial charge on any atom is -0.468 e. The summed E-state index contributed by atoms with van der Waals surface area (Å²) in [7, 11) is 1.37. The Hall–Kier alpha value is -0.220. The van der Waals surface area contributed by atoms with Crippen LogP contribution in [0.25, 0.3) is 0 Å². The summed E-state index contributed by atoms with van der Waals surface area (Å²) in [5.74, 6) is 0.331. The van der Waals surface area contributed by atoms with E-state index in [1.54, 1.807) is 11.8 Å². The van der Waals surface area contributed by atoms with E-state index in [1.165, 1.54) is 7.11 Å². The van der Waals surface area contributed by atoms with Gasteiger partial charge in [0.25, 0.3) is 0 Å². The van der Waals surface area contributed by atoms with E-state index >= 15 is 0 Å². The van der Waals surface area contributed by atoms with Crippen molar-refractivity contribution in [2.45, 2.75) is 38.0 Å². The lowest BCUT2D eigenvalue weighted by Crippen LogP contribution is -2.34. The second-order valence-electron chi connectivity index (χ2n) is 2.90. The number of ether oxygens (including phenoxy) is 1. The lowest BCUT2D eigenvalue weighted by molar-refractivity contribution is -0.141. The molecule has 0 aliphatic rings. The van der Waals surface area contributed by atoms with Crippen molar-refractivity contribution < 1.29 is 9.53 Å². The number of methoxy groups -OCH3 is 1. The Morgan fingerprint density at radius 1 is 1.46 bits per heavy atom. The van der Waals surface area contributed by atoms with Crippen LogP contribution in [0.1, 0.15) is 26.7 Å². The molecular weight excluding hydrogens is 186 g/mol. The molecule has 0 bridgehead atoms. The SMILES string of the molecule is CCC(CC)SCC(N)C(=O)OC. The highest BCUT2D eigenvalue weighted by Crippen LogP contribution is 2.18. The predicted octanol–water partition coefficient (Wildman–Crippen LogP) is 1.41. The summed E-state index contributed by atoms with van der Waals surface area (Å²) in [6, 6.07) is -0.476. The molecule has 0 aromatic carbocycles. The third-order valence-electron chi connectivity index (χ3n) is 1.93. The summed E-state index contributed by atoms with van der Waals surface area (Å²) >= 11 is 1.75. The molecule has 0 aliphatic heterocycles. The van der Waals surface area contributed by atoms with E-state index in [0.29, 0.717) is 11.0 Å². The Kier molecular flexibility index (Phi) is 7.09. The van der Waals surface area contributed by atoms with Gasteiger partial charge in [-0.25, -0.2) is 0 Å². The van der Waals surface area contributed by atoms with Gasteiger partial charge in [-0.2, -0.15) is 11.8 Å². The zero-order valence-electron chi connectivity index (χ0n) is 8.58. The number of nitrogens with two attached hydrogens (primary N) is 1. The highest BCUT2D eigenvalue weighted by molar-refractivity contribution is 7.99. The number of hydrogen-bond acceptors (Lipinski definition) is 4. The Morgan fingerprint density at radius 3 is 2.38 bits per heavy atom. The molecule has 0 radical (unpaired) electrons. The smallest absolute Gasteiger partial charge is 0.323 e. The van der Waals surface area contributed by atoms with E-state index in [1.807, 2.05) is 0 Å². The average molecular weight is 205 g/mol. The zero-order chi connectivity index (χ0) is 10.3. The highest BCUT2D eigenvalue weighted by atomic mass is 32.2. The van der Waals surface area contributed by atoms with Crippen LogP contribution < -0.4 is 5.73 Å². The fraction of sp³-hybridized carbons (Fsp3) is 0.889. The van der Waals surface area contributed by atoms with Crippen molar-refractivity contribution in [3.05, 3.63) is 0 Å². The molecule has 0 aromatic rings. The minimum absolute atomic E-state index is 0.321. The quantitative estimate of drug-likeness (QED) is 0.666. The zero-order valence-corrected chi connectivity index (χ0v) is 9.39. The number of rotatable bonds is 6. The summed E-state index contributed by atoms with van der Waals surface area (Å²) in [6.45, 7) is 4.29. The molecule has 0 rings (SSSR count). The molecule has 13 heavy (non-hydrogen) atoms. The summed E-state index contributed by atoms with van der Waals surface area (Å²) in [6.07, 6.45) is 2.24. The van der Waals surface area contributed by atoms with Crippen LogP contribution >= 0.6 is 11.8 Å². The maximum absolute atomic E-state index is 10.9. The number of carbonyl (C=O) groups is 1. The molecule has 0 aromatic heterocycles. The standard InChI is InChI=1S/C9H19NO2S/c1-4-7(5-2)13-6-8(10)9(11)12-3/h7-8H,4-6,10H2,1-3H3. The molecule has 0 spiro atoms. The van der Waals surface area contributed by atoms with Gasteiger partial charge >= 0.3 is 5.97 Å². The van der Waals surface area contributed by atoms with E-state index in [0.717, 1.165) is 12.8 Å². The largest absolute Gasteiger partial charge is 0.468 e. The van der Waals surface area contributed by atoms with Crippen LogP contribution in [-0.4, -0.2) is 30.1 Å². The van der Waals surface area contributed by atoms with Gasteiger partial charge in [0.1, 0.15) is 6.04 Å². The molecule has 0 amide bonds. The Bertz CT molecular complexity index is 149. The van der Waals surface area contributed by atoms with Gasteiger partial charge < -0.3 is 10.5 Å². The number of hydrogen-bond donors (Lipinski definition) is 1. The Balaban J connectivity index is 3.67. The van der Waals surface area contributed by atoms with Gasteiger partial charge in [0, 0.05) is 11.0 Å². The van der Waals surface area contributed by atoms with E-state index < -0.39 is 6.04 Å². The third kappa shape index (κ3) is 5.16. The van der Waals surface area contributed by atoms with Gasteiger partial charge in [-0.1, -0.05) is 13.8 Å². The number of carbonyl (C=O) groups excluding carboxylic acids is 1. The molecule has 2 N–H and O–H groups in total. The van der Waals surface area contributed by atoms with E-state index in [4.69, 9.17) is 5.73 Å². The van der Waals surface area contributed by atoms with E-state index in [9.17, 15) is 4.79 Å². The second-order valence-corrected chi connectivity index (χ2v) is 4.23. The summed E-state index contributed by atoms with van der Waals surface area (Å²) in [5, 5.41) is 0.607. The fourth-order valence-electron chi connectivity index (χ4n) is 0.984. The first kappa shape index (κ1) is 12.8. The maximum atomic E-state index is 10.9. The molecule has 78 valence electrons. The van der Waals surface area contributed by atoms with Crippen molar-refractivity contribution in [3.8, 4) is 0 Å². The lowest BCUT2D eigenvalue weighted by Gasteiger charge is -2.14. The number of thioether (sulfide) groups is 1. The molecule has 1 unspecified atom stereocenters. The van der Waals surface area contributed by atoms with Crippen molar-refractivity contribution in [3.63, 3.8) is 0 Å². The van der Waals surface area contributed by atoms with Gasteiger partial charge in [0.2, 0.25) is 0 Å². The summed E-state index contributed by atoms with van der Waals surface area (Å²) in [5.41, 5.74) is 5.59. The van der Waals surface area contributed by atoms with Crippen LogP contribution in [0.3, 0.4) is 0 Å². The van der Waals surface area contributed by atoms with Crippen LogP contribution in [0, 0.1) is 0 Å². The van der Waals surface area contributed by atoms with Crippen molar-refractivity contribution in [2.75, 3.05) is 12.9 Å². The highest BCUT2D eigenvalue weighted by Gasteiger charge is 2.15. The minimum atomic E-state index is -0.476. The van der Waals surface area contributed by atoms with Crippen molar-refractivity contribution >= 4 is 17.7 Å². The molecular formula is C9H19NO2S. The average Bonchev–Trinajstić information content (AvgIpc) is 2.17. The topological polar surface area (TPSA) is 52.3 Å². The molecule has 0 heterocycles. The molecule has 0 saturated heterocycles. The molecule has 3 nitrogen and oxygen atoms in total. The summed E-state index contributed by atoms with van der Waals surface area (Å²) < 4.78 is 4.53. The predicted molar refractivity (Wildman–Crippen MR) is 56.8 cm³/mol. The van der Waals surface area contributed by atoms with E-state index in [-0.39, 0.29) is 5.97 Å². The van der Waals surface area contributed by atoms with Crippen molar-refractivity contribution in [1.82, 2.24) is 0 Å². The lowest BCUT2D eigenvalue weighted by atomic mass is 10.3. The van der Waals surface area contributed by atoms with Gasteiger partial charge in [-0.15, -0.1) is 0 Å². The van der Waals surface area contributed by atoms with E-state index in [2.05, 4.69) is 18.6 Å². The van der Waals surface area contributed by atoms with Gasteiger partial charge in [0.15, 0.2) is 0 Å². The maximum Gasteiger partial charge on any atom is 0.323 e.